The van der Waals surface area contributed by atoms with Crippen LogP contribution in [-0.4, -0.2) is 26.1 Å². The lowest BCUT2D eigenvalue weighted by molar-refractivity contribution is 0.432. The second-order valence-corrected chi connectivity index (χ2v) is 6.15. The van der Waals surface area contributed by atoms with E-state index in [-0.39, 0.29) is 5.75 Å². The van der Waals surface area contributed by atoms with Gasteiger partial charge in [-0.05, 0) is 31.9 Å². The van der Waals surface area contributed by atoms with Crippen LogP contribution in [0.2, 0.25) is 0 Å². The molecular weight excluding hydrogens is 309 g/mol. The molecule has 1 saturated carbocycles. The highest BCUT2D eigenvalue weighted by Crippen LogP contribution is 2.23. The van der Waals surface area contributed by atoms with Crippen LogP contribution in [0.5, 0.6) is 5.75 Å². The Labute approximate surface area is 140 Å². The number of hydrogen-bond donors (Lipinski definition) is 3. The fourth-order valence-corrected chi connectivity index (χ4v) is 2.92. The zero-order valence-electron chi connectivity index (χ0n) is 13.7. The average Bonchev–Trinajstić information content (AvgIpc) is 2.79. The molecule has 2 aromatic rings. The molecule has 0 spiro atoms. The van der Waals surface area contributed by atoms with Crippen molar-refractivity contribution in [1.82, 2.24) is 15.0 Å². The van der Waals surface area contributed by atoms with Gasteiger partial charge in [0.05, 0.1) is 0 Å². The van der Waals surface area contributed by atoms with Crippen LogP contribution in [0.25, 0.3) is 0 Å². The zero-order valence-corrected chi connectivity index (χ0v) is 13.7. The number of aryl methyl sites for hydroxylation is 1. The van der Waals surface area contributed by atoms with Gasteiger partial charge in [-0.15, -0.1) is 0 Å². The van der Waals surface area contributed by atoms with Gasteiger partial charge in [0.15, 0.2) is 11.6 Å². The van der Waals surface area contributed by atoms with E-state index in [1.54, 1.807) is 13.0 Å². The molecule has 7 heteroatoms. The second kappa shape index (κ2) is 7.42. The molecule has 24 heavy (non-hydrogen) atoms. The Hall–Kier alpha value is -2.44. The van der Waals surface area contributed by atoms with E-state index in [1.165, 1.54) is 37.8 Å². The summed E-state index contributed by atoms with van der Waals surface area (Å²) in [6, 6.07) is 4.44. The molecule has 0 unspecified atom stereocenters. The quantitative estimate of drug-likeness (QED) is 0.582. The molecule has 128 valence electrons. The topological polar surface area (TPSA) is 83.0 Å². The summed E-state index contributed by atoms with van der Waals surface area (Å²) in [5.41, 5.74) is 0.469. The summed E-state index contributed by atoms with van der Waals surface area (Å²) in [7, 11) is 0. The second-order valence-electron chi connectivity index (χ2n) is 6.15. The fraction of sp³-hybridized carbons (Fsp3) is 0.471. The lowest BCUT2D eigenvalue weighted by atomic mass is 10.1. The maximum absolute atomic E-state index is 13.4. The van der Waals surface area contributed by atoms with E-state index < -0.39 is 5.82 Å². The van der Waals surface area contributed by atoms with Crippen LogP contribution in [0, 0.1) is 12.7 Å². The third-order valence-corrected chi connectivity index (χ3v) is 4.14. The van der Waals surface area contributed by atoms with E-state index in [4.69, 9.17) is 0 Å². The molecule has 0 bridgehead atoms. The molecule has 1 aliphatic rings. The third kappa shape index (κ3) is 4.31. The maximum Gasteiger partial charge on any atom is 0.232 e. The van der Waals surface area contributed by atoms with Crippen molar-refractivity contribution < 1.29 is 9.50 Å². The van der Waals surface area contributed by atoms with Crippen LogP contribution in [0.1, 0.15) is 44.3 Å². The number of phenols is 1. The summed E-state index contributed by atoms with van der Waals surface area (Å²) in [4.78, 5) is 13.0. The van der Waals surface area contributed by atoms with Crippen molar-refractivity contribution in [2.45, 2.75) is 51.5 Å². The molecule has 0 amide bonds. The Morgan fingerprint density at radius 3 is 2.46 bits per heavy atom. The summed E-state index contributed by atoms with van der Waals surface area (Å²) < 4.78 is 13.4. The molecule has 0 radical (unpaired) electrons. The number of nitrogens with one attached hydrogen (secondary N) is 2. The fourth-order valence-electron chi connectivity index (χ4n) is 2.92. The number of anilines is 3. The van der Waals surface area contributed by atoms with Crippen molar-refractivity contribution >= 4 is 17.6 Å². The number of hydrogen-bond acceptors (Lipinski definition) is 6. The van der Waals surface area contributed by atoms with Crippen LogP contribution < -0.4 is 10.6 Å². The number of rotatable bonds is 4. The predicted molar refractivity (Wildman–Crippen MR) is 91.0 cm³/mol. The van der Waals surface area contributed by atoms with Gasteiger partial charge in [0, 0.05) is 17.8 Å². The third-order valence-electron chi connectivity index (χ3n) is 4.14. The van der Waals surface area contributed by atoms with Gasteiger partial charge in [-0.3, -0.25) is 0 Å². The zero-order chi connectivity index (χ0) is 16.9. The summed E-state index contributed by atoms with van der Waals surface area (Å²) in [5.74, 6) is 0.397. The molecule has 1 fully saturated rings. The minimum Gasteiger partial charge on any atom is -0.505 e. The maximum atomic E-state index is 13.4. The Morgan fingerprint density at radius 1 is 1.04 bits per heavy atom. The SMILES string of the molecule is Cc1nc(Nc2ccc(O)c(F)c2)nc(NC2CCCCCC2)n1. The van der Waals surface area contributed by atoms with E-state index in [2.05, 4.69) is 25.6 Å². The number of phenolic OH excluding ortho intramolecular Hbond substituents is 1. The standard InChI is InChI=1S/C17H22FN5O/c1-11-19-16(21-12-6-4-2-3-5-7-12)23-17(20-11)22-13-8-9-15(24)14(18)10-13/h8-10,12,24H,2-7H2,1H3,(H2,19,20,21,22,23). The Morgan fingerprint density at radius 2 is 1.75 bits per heavy atom. The minimum atomic E-state index is -0.692. The normalized spacial score (nSPS) is 15.8. The summed E-state index contributed by atoms with van der Waals surface area (Å²) in [6.45, 7) is 1.79. The van der Waals surface area contributed by atoms with Crippen molar-refractivity contribution in [3.05, 3.63) is 29.8 Å². The first-order chi connectivity index (χ1) is 11.6. The minimum absolute atomic E-state index is 0.351. The van der Waals surface area contributed by atoms with Crippen molar-refractivity contribution in [3.63, 3.8) is 0 Å². The van der Waals surface area contributed by atoms with Crippen LogP contribution in [0.15, 0.2) is 18.2 Å². The molecule has 0 aliphatic heterocycles. The number of benzene rings is 1. The van der Waals surface area contributed by atoms with Crippen LogP contribution in [0.3, 0.4) is 0 Å². The predicted octanol–water partition coefficient (Wildman–Crippen LogP) is 3.90. The van der Waals surface area contributed by atoms with Gasteiger partial charge in [0.25, 0.3) is 0 Å². The molecule has 0 atom stereocenters. The van der Waals surface area contributed by atoms with Gasteiger partial charge in [0.2, 0.25) is 11.9 Å². The highest BCUT2D eigenvalue weighted by atomic mass is 19.1. The lowest BCUT2D eigenvalue weighted by Crippen LogP contribution is -2.20. The van der Waals surface area contributed by atoms with Crippen molar-refractivity contribution in [2.75, 3.05) is 10.6 Å². The Balaban J connectivity index is 1.74. The summed E-state index contributed by atoms with van der Waals surface area (Å²) in [6.07, 6.45) is 7.26. The first-order valence-electron chi connectivity index (χ1n) is 8.35. The Kier molecular flexibility index (Phi) is 5.08. The summed E-state index contributed by atoms with van der Waals surface area (Å²) >= 11 is 0. The highest BCUT2D eigenvalue weighted by molar-refractivity contribution is 5.55. The molecule has 0 saturated heterocycles. The van der Waals surface area contributed by atoms with E-state index in [9.17, 15) is 9.50 Å². The molecule has 3 N–H and O–H groups in total. The molecule has 1 aromatic carbocycles. The van der Waals surface area contributed by atoms with Gasteiger partial charge in [-0.25, -0.2) is 4.39 Å². The first kappa shape index (κ1) is 16.4. The highest BCUT2D eigenvalue weighted by Gasteiger charge is 2.14. The van der Waals surface area contributed by atoms with Crippen LogP contribution >= 0.6 is 0 Å². The van der Waals surface area contributed by atoms with E-state index in [1.807, 2.05) is 0 Å². The average molecular weight is 331 g/mol. The molecule has 6 nitrogen and oxygen atoms in total. The van der Waals surface area contributed by atoms with Gasteiger partial charge in [-0.2, -0.15) is 15.0 Å². The molecule has 3 rings (SSSR count). The van der Waals surface area contributed by atoms with E-state index >= 15 is 0 Å². The lowest BCUT2D eigenvalue weighted by Gasteiger charge is -2.16. The summed E-state index contributed by atoms with van der Waals surface area (Å²) in [5, 5.41) is 15.6. The van der Waals surface area contributed by atoms with E-state index in [0.29, 0.717) is 29.5 Å². The Bertz CT molecular complexity index is 701. The monoisotopic (exact) mass is 331 g/mol. The molecule has 1 heterocycles. The number of aromatic hydroxyl groups is 1. The van der Waals surface area contributed by atoms with Gasteiger partial charge in [-0.1, -0.05) is 25.7 Å². The number of nitrogens with zero attached hydrogens (tertiary/aromatic N) is 3. The molecule has 1 aliphatic carbocycles. The van der Waals surface area contributed by atoms with Gasteiger partial charge in [0.1, 0.15) is 5.82 Å². The van der Waals surface area contributed by atoms with Crippen molar-refractivity contribution in [1.29, 1.82) is 0 Å². The van der Waals surface area contributed by atoms with Crippen LogP contribution in [0.4, 0.5) is 22.0 Å². The van der Waals surface area contributed by atoms with Crippen LogP contribution in [-0.2, 0) is 0 Å². The molecule has 1 aromatic heterocycles. The largest absolute Gasteiger partial charge is 0.505 e. The van der Waals surface area contributed by atoms with Gasteiger partial charge >= 0.3 is 0 Å². The number of halogens is 1. The molecular formula is C17H22FN5O. The number of aromatic nitrogens is 3. The van der Waals surface area contributed by atoms with Gasteiger partial charge < -0.3 is 15.7 Å². The van der Waals surface area contributed by atoms with E-state index in [0.717, 1.165) is 12.8 Å². The first-order valence-corrected chi connectivity index (χ1v) is 8.35. The van der Waals surface area contributed by atoms with Crippen molar-refractivity contribution in [3.8, 4) is 5.75 Å². The smallest absolute Gasteiger partial charge is 0.232 e. The van der Waals surface area contributed by atoms with Crippen molar-refractivity contribution in [2.24, 2.45) is 0 Å².